The standard InChI is InChI=1S/C51H57N3O7/c1-4-28-58-40-24-25-46-44(31-40)48-42(19-10-12-27-56)38(15-9-11-26-55)30-43-45(53-60-6-3)32-47(51(61-46,49(43)48)59-29-5-2)54(50(57)37-22-20-35(33-52)21-23-37)34-39-17-13-16-36-14-7-8-18-41(36)39/h4-5,7-8,13-14,16-18,20-25,30-31,38,42,47-49,55-56H,1-2,6,9-12,15,19,26-29,32,34H2,3H3/t38-,42+,47-,48+,49+,51+/m0/s1. The number of allylic oxidation sites excluding steroid dienone is 1. The summed E-state index contributed by atoms with van der Waals surface area (Å²) in [5, 5.41) is 36.4. The van der Waals surface area contributed by atoms with E-state index in [0.29, 0.717) is 48.7 Å². The number of amides is 1. The van der Waals surface area contributed by atoms with E-state index in [1.165, 1.54) is 0 Å². The molecule has 6 atom stereocenters. The van der Waals surface area contributed by atoms with Gasteiger partial charge in [-0.25, -0.2) is 0 Å². The number of hydrogen-bond acceptors (Lipinski definition) is 9. The van der Waals surface area contributed by atoms with Gasteiger partial charge in [0.15, 0.2) is 0 Å². The fourth-order valence-corrected chi connectivity index (χ4v) is 9.83. The van der Waals surface area contributed by atoms with E-state index in [4.69, 9.17) is 24.2 Å². The van der Waals surface area contributed by atoms with Gasteiger partial charge in [-0.1, -0.05) is 85.3 Å². The van der Waals surface area contributed by atoms with Crippen LogP contribution in [-0.4, -0.2) is 71.6 Å². The first-order valence-corrected chi connectivity index (χ1v) is 21.6. The first kappa shape index (κ1) is 43.4. The Kier molecular flexibility index (Phi) is 14.4. The number of oxime groups is 1. The zero-order chi connectivity index (χ0) is 42.8. The Hall–Kier alpha value is -5.73. The van der Waals surface area contributed by atoms with Crippen molar-refractivity contribution in [3.8, 4) is 17.6 Å². The van der Waals surface area contributed by atoms with Crippen LogP contribution in [0, 0.1) is 29.1 Å². The number of benzene rings is 4. The maximum atomic E-state index is 15.4. The van der Waals surface area contributed by atoms with Gasteiger partial charge in [0, 0.05) is 43.2 Å². The summed E-state index contributed by atoms with van der Waals surface area (Å²) in [6.07, 6.45) is 10.7. The van der Waals surface area contributed by atoms with Crippen LogP contribution in [-0.2, 0) is 16.1 Å². The van der Waals surface area contributed by atoms with E-state index in [0.717, 1.165) is 58.9 Å². The number of aliphatic hydroxyl groups excluding tert-OH is 2. The van der Waals surface area contributed by atoms with E-state index in [9.17, 15) is 15.5 Å². The predicted molar refractivity (Wildman–Crippen MR) is 237 cm³/mol. The maximum absolute atomic E-state index is 15.4. The molecule has 1 aliphatic heterocycles. The van der Waals surface area contributed by atoms with Crippen LogP contribution in [0.3, 0.4) is 0 Å². The summed E-state index contributed by atoms with van der Waals surface area (Å²) in [6.45, 7) is 11.1. The van der Waals surface area contributed by atoms with E-state index in [1.807, 2.05) is 42.2 Å². The lowest BCUT2D eigenvalue weighted by atomic mass is 9.55. The summed E-state index contributed by atoms with van der Waals surface area (Å²) in [5.74, 6) is -0.859. The number of unbranched alkanes of at least 4 members (excludes halogenated alkanes) is 2. The summed E-state index contributed by atoms with van der Waals surface area (Å²) in [4.78, 5) is 23.2. The fourth-order valence-electron chi connectivity index (χ4n) is 9.83. The molecule has 1 amide bonds. The third-order valence-corrected chi connectivity index (χ3v) is 12.4. The number of carbonyl (C=O) groups excluding carboxylic acids is 1. The molecule has 0 saturated heterocycles. The molecule has 0 aromatic heterocycles. The van der Waals surface area contributed by atoms with Crippen molar-refractivity contribution in [3.63, 3.8) is 0 Å². The first-order chi connectivity index (χ1) is 29.9. The Morgan fingerprint density at radius 3 is 2.46 bits per heavy atom. The van der Waals surface area contributed by atoms with Crippen molar-refractivity contribution in [1.82, 2.24) is 4.90 Å². The number of ether oxygens (including phenoxy) is 3. The monoisotopic (exact) mass is 823 g/mol. The van der Waals surface area contributed by atoms with Crippen molar-refractivity contribution in [2.45, 2.75) is 76.2 Å². The van der Waals surface area contributed by atoms with Crippen LogP contribution in [0.1, 0.15) is 84.8 Å². The lowest BCUT2D eigenvalue weighted by Gasteiger charge is -2.60. The Bertz CT molecular complexity index is 2270. The third kappa shape index (κ3) is 9.01. The molecule has 4 aromatic carbocycles. The molecular weight excluding hydrogens is 767 g/mol. The van der Waals surface area contributed by atoms with Crippen molar-refractivity contribution in [1.29, 1.82) is 5.26 Å². The number of nitriles is 1. The second-order valence-corrected chi connectivity index (χ2v) is 16.1. The molecule has 1 heterocycles. The highest BCUT2D eigenvalue weighted by Gasteiger charge is 2.65. The molecule has 0 spiro atoms. The Morgan fingerprint density at radius 2 is 1.72 bits per heavy atom. The van der Waals surface area contributed by atoms with Crippen molar-refractivity contribution >= 4 is 22.4 Å². The molecule has 2 aliphatic carbocycles. The second-order valence-electron chi connectivity index (χ2n) is 16.1. The summed E-state index contributed by atoms with van der Waals surface area (Å²) >= 11 is 0. The molecule has 3 aliphatic rings. The van der Waals surface area contributed by atoms with E-state index >= 15 is 4.79 Å². The summed E-state index contributed by atoms with van der Waals surface area (Å²) < 4.78 is 20.8. The van der Waals surface area contributed by atoms with Crippen LogP contribution < -0.4 is 9.47 Å². The quantitative estimate of drug-likeness (QED) is 0.0512. The van der Waals surface area contributed by atoms with Gasteiger partial charge in [0.25, 0.3) is 5.91 Å². The van der Waals surface area contributed by atoms with Crippen molar-refractivity contribution < 1.29 is 34.1 Å². The largest absolute Gasteiger partial charge is 0.490 e. The molecule has 0 bridgehead atoms. The Morgan fingerprint density at radius 1 is 0.967 bits per heavy atom. The molecular formula is C51H57N3O7. The van der Waals surface area contributed by atoms with E-state index in [1.54, 1.807) is 36.4 Å². The van der Waals surface area contributed by atoms with E-state index in [2.05, 4.69) is 55.6 Å². The number of fused-ring (bicyclic) bond motifs is 3. The number of carbonyl (C=O) groups is 1. The van der Waals surface area contributed by atoms with Gasteiger partial charge in [0.2, 0.25) is 5.79 Å². The van der Waals surface area contributed by atoms with Crippen molar-refractivity contribution in [3.05, 3.63) is 144 Å². The van der Waals surface area contributed by atoms with Crippen LogP contribution >= 0.6 is 0 Å². The van der Waals surface area contributed by atoms with Crippen LogP contribution in [0.2, 0.25) is 0 Å². The van der Waals surface area contributed by atoms with Gasteiger partial charge < -0.3 is 34.2 Å². The minimum absolute atomic E-state index is 0.0656. The van der Waals surface area contributed by atoms with Crippen molar-refractivity contribution in [2.24, 2.45) is 22.9 Å². The minimum Gasteiger partial charge on any atom is -0.490 e. The number of aliphatic hydroxyl groups is 2. The number of hydrogen-bond donors (Lipinski definition) is 2. The van der Waals surface area contributed by atoms with Crippen LogP contribution in [0.15, 0.2) is 127 Å². The molecule has 0 radical (unpaired) electrons. The Labute approximate surface area is 359 Å². The summed E-state index contributed by atoms with van der Waals surface area (Å²) in [7, 11) is 0. The predicted octanol–water partition coefficient (Wildman–Crippen LogP) is 9.27. The lowest BCUT2D eigenvalue weighted by molar-refractivity contribution is -0.255. The molecule has 10 heteroatoms. The molecule has 0 unspecified atom stereocenters. The highest BCUT2D eigenvalue weighted by atomic mass is 16.7. The molecule has 4 aromatic rings. The van der Waals surface area contributed by atoms with Crippen molar-refractivity contribution in [2.75, 3.05) is 33.0 Å². The van der Waals surface area contributed by atoms with Gasteiger partial charge in [-0.15, -0.1) is 6.58 Å². The number of nitrogens with zero attached hydrogens (tertiary/aromatic N) is 3. The second kappa shape index (κ2) is 20.2. The van der Waals surface area contributed by atoms with E-state index in [-0.39, 0.29) is 56.4 Å². The van der Waals surface area contributed by atoms with Gasteiger partial charge in [0.05, 0.1) is 29.9 Å². The average Bonchev–Trinajstić information content (AvgIpc) is 3.29. The molecule has 318 valence electrons. The molecule has 10 nitrogen and oxygen atoms in total. The lowest BCUT2D eigenvalue weighted by Crippen LogP contribution is -2.70. The van der Waals surface area contributed by atoms with Crippen LogP contribution in [0.4, 0.5) is 0 Å². The highest BCUT2D eigenvalue weighted by Crippen LogP contribution is 2.62. The average molecular weight is 824 g/mol. The van der Waals surface area contributed by atoms with Gasteiger partial charge in [-0.2, -0.15) is 5.26 Å². The fraction of sp³-hybridized carbons (Fsp3) is 0.392. The van der Waals surface area contributed by atoms with Crippen LogP contribution in [0.5, 0.6) is 11.5 Å². The summed E-state index contributed by atoms with van der Waals surface area (Å²) in [5.41, 5.74) is 4.50. The topological polar surface area (TPSA) is 134 Å². The van der Waals surface area contributed by atoms with Crippen LogP contribution in [0.25, 0.3) is 10.8 Å². The zero-order valence-corrected chi connectivity index (χ0v) is 35.1. The molecule has 61 heavy (non-hydrogen) atoms. The normalized spacial score (nSPS) is 23.1. The Balaban J connectivity index is 1.50. The number of rotatable bonds is 20. The maximum Gasteiger partial charge on any atom is 0.254 e. The molecule has 1 fully saturated rings. The van der Waals surface area contributed by atoms with E-state index < -0.39 is 17.7 Å². The summed E-state index contributed by atoms with van der Waals surface area (Å²) in [6, 6.07) is 28.4. The first-order valence-electron chi connectivity index (χ1n) is 21.6. The SMILES string of the molecule is C=CCOc1ccc2c(c1)[C@H]1[C@H](CCCCO)[C@@H](CCCCO)C=C3C(=NOCC)C[C@H](N(Cc4cccc5ccccc45)C(=O)c4ccc(C#N)cc4)[C@@](OCC=C)(O2)[C@H]31. The zero-order valence-electron chi connectivity index (χ0n) is 35.1. The minimum atomic E-state index is -1.44. The molecule has 1 saturated carbocycles. The molecule has 2 N–H and O–H groups in total. The highest BCUT2D eigenvalue weighted by molar-refractivity contribution is 6.03. The smallest absolute Gasteiger partial charge is 0.254 e. The third-order valence-electron chi connectivity index (χ3n) is 12.4. The molecule has 7 rings (SSSR count). The van der Waals surface area contributed by atoms with Gasteiger partial charge in [-0.05, 0) is 109 Å². The van der Waals surface area contributed by atoms with Gasteiger partial charge in [0.1, 0.15) is 30.8 Å². The van der Waals surface area contributed by atoms with Gasteiger partial charge in [-0.3, -0.25) is 4.79 Å². The van der Waals surface area contributed by atoms with Gasteiger partial charge >= 0.3 is 0 Å².